The molecule has 0 aromatic heterocycles. The zero-order chi connectivity index (χ0) is 18.5. The lowest BCUT2D eigenvalue weighted by atomic mass is 9.83. The Labute approximate surface area is 141 Å². The summed E-state index contributed by atoms with van der Waals surface area (Å²) >= 11 is 0. The van der Waals surface area contributed by atoms with Gasteiger partial charge in [-0.3, -0.25) is 0 Å². The zero-order valence-electron chi connectivity index (χ0n) is 12.6. The normalized spacial score (nSPS) is 28.1. The summed E-state index contributed by atoms with van der Waals surface area (Å²) < 4.78 is 20.9. The van der Waals surface area contributed by atoms with Crippen molar-refractivity contribution in [1.29, 1.82) is 0 Å². The number of phosphoric acid groups is 1. The fraction of sp³-hybridized carbons (Fsp3) is 0.200. The molecule has 0 spiro atoms. The molecular formula is C15H15O9P. The quantitative estimate of drug-likeness (QED) is 0.320. The third-order valence-electron chi connectivity index (χ3n) is 3.87. The molecule has 0 bridgehead atoms. The predicted molar refractivity (Wildman–Crippen MR) is 81.6 cm³/mol. The Hall–Kier alpha value is -1.81. The third-order valence-corrected chi connectivity index (χ3v) is 4.37. The number of aliphatic hydroxyl groups is 4. The smallest absolute Gasteiger partial charge is 0.452 e. The molecule has 134 valence electrons. The van der Waals surface area contributed by atoms with E-state index in [0.717, 1.165) is 6.07 Å². The molecule has 2 aromatic carbocycles. The van der Waals surface area contributed by atoms with E-state index >= 15 is 0 Å². The molecule has 1 aliphatic rings. The van der Waals surface area contributed by atoms with Gasteiger partial charge in [-0.25, -0.2) is 9.09 Å². The minimum absolute atomic E-state index is 0.224. The maximum absolute atomic E-state index is 11.3. The van der Waals surface area contributed by atoms with E-state index in [1.54, 1.807) is 6.07 Å². The van der Waals surface area contributed by atoms with E-state index in [0.29, 0.717) is 0 Å². The summed E-state index contributed by atoms with van der Waals surface area (Å²) in [6.45, 7) is 0. The topological polar surface area (TPSA) is 157 Å². The van der Waals surface area contributed by atoms with Crippen LogP contribution in [0.3, 0.4) is 0 Å². The van der Waals surface area contributed by atoms with Crippen LogP contribution in [0.2, 0.25) is 0 Å². The first-order chi connectivity index (χ1) is 11.5. The molecule has 0 saturated heterocycles. The second-order valence-electron chi connectivity index (χ2n) is 5.51. The molecule has 25 heavy (non-hydrogen) atoms. The second-order valence-corrected chi connectivity index (χ2v) is 6.67. The maximum atomic E-state index is 11.3. The fourth-order valence-corrected chi connectivity index (χ4v) is 3.30. The van der Waals surface area contributed by atoms with Gasteiger partial charge in [0.05, 0.1) is 5.56 Å². The summed E-state index contributed by atoms with van der Waals surface area (Å²) in [6, 6.07) is 12.2. The van der Waals surface area contributed by atoms with Gasteiger partial charge in [-0.2, -0.15) is 0 Å². The maximum Gasteiger partial charge on any atom is 0.472 e. The number of hydrogen-bond donors (Lipinski definition) is 6. The molecule has 0 fully saturated rings. The van der Waals surface area contributed by atoms with Crippen molar-refractivity contribution in [2.24, 2.45) is 0 Å². The molecule has 0 aliphatic carbocycles. The van der Waals surface area contributed by atoms with Crippen LogP contribution in [0.15, 0.2) is 54.6 Å². The van der Waals surface area contributed by atoms with Gasteiger partial charge in [0.1, 0.15) is 5.75 Å². The molecular weight excluding hydrogens is 355 g/mol. The number of ether oxygens (including phenoxy) is 1. The van der Waals surface area contributed by atoms with Gasteiger partial charge in [0.15, 0.2) is 0 Å². The highest BCUT2D eigenvalue weighted by Crippen LogP contribution is 2.57. The summed E-state index contributed by atoms with van der Waals surface area (Å²) in [5.74, 6) is -10.4. The van der Waals surface area contributed by atoms with Crippen LogP contribution in [0.5, 0.6) is 5.75 Å². The van der Waals surface area contributed by atoms with Crippen molar-refractivity contribution in [3.05, 3.63) is 65.7 Å². The average molecular weight is 370 g/mol. The third kappa shape index (κ3) is 2.67. The molecule has 2 unspecified atom stereocenters. The molecule has 1 heterocycles. The van der Waals surface area contributed by atoms with Crippen LogP contribution in [-0.2, 0) is 20.7 Å². The van der Waals surface area contributed by atoms with Gasteiger partial charge < -0.3 is 34.9 Å². The number of phosphoric ester groups is 1. The molecule has 10 heteroatoms. The highest BCUT2D eigenvalue weighted by atomic mass is 31.2. The summed E-state index contributed by atoms with van der Waals surface area (Å²) in [5, 5.41) is 42.7. The molecule has 2 atom stereocenters. The van der Waals surface area contributed by atoms with Crippen LogP contribution in [0.4, 0.5) is 0 Å². The van der Waals surface area contributed by atoms with Crippen molar-refractivity contribution < 1.29 is 44.0 Å². The summed E-state index contributed by atoms with van der Waals surface area (Å²) in [4.78, 5) is 18.3. The van der Waals surface area contributed by atoms with Gasteiger partial charge in [-0.05, 0) is 12.1 Å². The van der Waals surface area contributed by atoms with E-state index in [2.05, 4.69) is 4.52 Å². The van der Waals surface area contributed by atoms with Gasteiger partial charge in [-0.1, -0.05) is 42.5 Å². The second kappa shape index (κ2) is 5.60. The Kier molecular flexibility index (Phi) is 4.03. The molecule has 3 rings (SSSR count). The monoisotopic (exact) mass is 370 g/mol. The van der Waals surface area contributed by atoms with Crippen molar-refractivity contribution in [1.82, 2.24) is 0 Å². The van der Waals surface area contributed by atoms with E-state index in [1.165, 1.54) is 42.5 Å². The fourth-order valence-electron chi connectivity index (χ4n) is 2.71. The molecule has 1 aliphatic heterocycles. The summed E-state index contributed by atoms with van der Waals surface area (Å²) in [6.07, 6.45) is 0. The van der Waals surface area contributed by atoms with Gasteiger partial charge in [-0.15, -0.1) is 0 Å². The van der Waals surface area contributed by atoms with Crippen LogP contribution in [0.25, 0.3) is 0 Å². The number of hydrogen-bond acceptors (Lipinski definition) is 7. The van der Waals surface area contributed by atoms with Crippen LogP contribution < -0.4 is 4.74 Å². The molecule has 6 N–H and O–H groups in total. The van der Waals surface area contributed by atoms with Crippen LogP contribution >= 0.6 is 7.82 Å². The minimum atomic E-state index is -5.50. The van der Waals surface area contributed by atoms with Crippen molar-refractivity contribution in [2.45, 2.75) is 17.4 Å². The predicted octanol–water partition coefficient (Wildman–Crippen LogP) is -0.140. The van der Waals surface area contributed by atoms with E-state index in [-0.39, 0.29) is 11.3 Å². The molecule has 2 aromatic rings. The van der Waals surface area contributed by atoms with Crippen molar-refractivity contribution >= 4 is 7.82 Å². The summed E-state index contributed by atoms with van der Waals surface area (Å²) in [7, 11) is -5.50. The molecule has 0 amide bonds. The van der Waals surface area contributed by atoms with Gasteiger partial charge in [0, 0.05) is 5.56 Å². The first kappa shape index (κ1) is 18.0. The first-order valence-corrected chi connectivity index (χ1v) is 8.54. The highest BCUT2D eigenvalue weighted by Gasteiger charge is 2.73. The Balaban J connectivity index is 2.31. The van der Waals surface area contributed by atoms with Gasteiger partial charge in [0.25, 0.3) is 11.6 Å². The molecule has 0 radical (unpaired) electrons. The van der Waals surface area contributed by atoms with Crippen molar-refractivity contribution in [2.75, 3.05) is 0 Å². The van der Waals surface area contributed by atoms with Gasteiger partial charge >= 0.3 is 13.6 Å². The average Bonchev–Trinajstić information content (AvgIpc) is 2.53. The largest absolute Gasteiger partial charge is 0.472 e. The number of benzene rings is 2. The number of rotatable bonds is 3. The highest BCUT2D eigenvalue weighted by molar-refractivity contribution is 7.46. The zero-order valence-corrected chi connectivity index (χ0v) is 13.4. The SMILES string of the molecule is O=P(O)(O)OC1(O)C(O)(O)c2ccccc2OC1(O)c1ccccc1. The van der Waals surface area contributed by atoms with Gasteiger partial charge in [0.2, 0.25) is 0 Å². The van der Waals surface area contributed by atoms with E-state index in [9.17, 15) is 25.0 Å². The first-order valence-electron chi connectivity index (χ1n) is 7.01. The van der Waals surface area contributed by atoms with E-state index < -0.39 is 30.7 Å². The van der Waals surface area contributed by atoms with Crippen LogP contribution in [0.1, 0.15) is 11.1 Å². The molecule has 9 nitrogen and oxygen atoms in total. The lowest BCUT2D eigenvalue weighted by Gasteiger charge is -2.51. The lowest BCUT2D eigenvalue weighted by molar-refractivity contribution is -0.460. The van der Waals surface area contributed by atoms with E-state index in [4.69, 9.17) is 14.5 Å². The van der Waals surface area contributed by atoms with Crippen LogP contribution in [0, 0.1) is 0 Å². The summed E-state index contributed by atoms with van der Waals surface area (Å²) in [5.41, 5.74) is -0.681. The Bertz CT molecular complexity index is 834. The Morgan fingerprint density at radius 1 is 0.880 bits per heavy atom. The van der Waals surface area contributed by atoms with Crippen molar-refractivity contribution in [3.63, 3.8) is 0 Å². The van der Waals surface area contributed by atoms with E-state index in [1.807, 2.05) is 0 Å². The number of fused-ring (bicyclic) bond motifs is 1. The lowest BCUT2D eigenvalue weighted by Crippen LogP contribution is -2.70. The standard InChI is InChI=1S/C15H15O9P/c16-13(17)11-8-4-5-9-12(11)23-14(18,10-6-2-1-3-7-10)15(13,19)24-25(20,21)22/h1-9,16-19H,(H2,20,21,22). The minimum Gasteiger partial charge on any atom is -0.452 e. The molecule has 0 saturated carbocycles. The Morgan fingerprint density at radius 2 is 1.44 bits per heavy atom. The van der Waals surface area contributed by atoms with Crippen molar-refractivity contribution in [3.8, 4) is 5.75 Å². The van der Waals surface area contributed by atoms with Crippen LogP contribution in [-0.4, -0.2) is 36.0 Å². The Morgan fingerprint density at radius 3 is 2.04 bits per heavy atom. The number of para-hydroxylation sites is 1.